The Hall–Kier alpha value is -2.59. The summed E-state index contributed by atoms with van der Waals surface area (Å²) in [4.78, 5) is 19.5. The number of pyridine rings is 1. The molecule has 5 rings (SSSR count). The summed E-state index contributed by atoms with van der Waals surface area (Å²) in [6.07, 6.45) is 3.76. The third-order valence-electron chi connectivity index (χ3n) is 5.40. The van der Waals surface area contributed by atoms with Gasteiger partial charge in [-0.15, -0.1) is 11.3 Å². The third kappa shape index (κ3) is 5.19. The average molecular weight is 439 g/mol. The Labute approximate surface area is 185 Å². The number of morpholine rings is 2. The molecule has 3 aromatic rings. The monoisotopic (exact) mass is 438 g/mol. The lowest BCUT2D eigenvalue weighted by Gasteiger charge is -2.27. The Morgan fingerprint density at radius 3 is 2.48 bits per heavy atom. The molecule has 3 aromatic heterocycles. The van der Waals surface area contributed by atoms with Crippen molar-refractivity contribution in [3.05, 3.63) is 48.5 Å². The molecule has 8 nitrogen and oxygen atoms in total. The number of nitrogens with one attached hydrogen (secondary N) is 1. The molecule has 0 spiro atoms. The van der Waals surface area contributed by atoms with Crippen LogP contribution in [-0.2, 0) is 16.0 Å². The summed E-state index contributed by atoms with van der Waals surface area (Å²) in [5.74, 6) is 2.65. The largest absolute Gasteiger partial charge is 0.379 e. The van der Waals surface area contributed by atoms with E-state index in [0.29, 0.717) is 0 Å². The lowest BCUT2D eigenvalue weighted by atomic mass is 10.2. The van der Waals surface area contributed by atoms with Gasteiger partial charge in [-0.2, -0.15) is 0 Å². The molecule has 5 heterocycles. The van der Waals surface area contributed by atoms with Gasteiger partial charge in [-0.1, -0.05) is 0 Å². The highest BCUT2D eigenvalue weighted by Gasteiger charge is 2.14. The Morgan fingerprint density at radius 1 is 0.903 bits per heavy atom. The summed E-state index contributed by atoms with van der Waals surface area (Å²) in [6.45, 7) is 7.46. The fourth-order valence-corrected chi connectivity index (χ4v) is 4.61. The normalized spacial score (nSPS) is 17.6. The molecule has 0 radical (unpaired) electrons. The van der Waals surface area contributed by atoms with Crippen molar-refractivity contribution in [3.8, 4) is 10.4 Å². The molecule has 9 heteroatoms. The van der Waals surface area contributed by atoms with Gasteiger partial charge in [-0.05, 0) is 30.3 Å². The van der Waals surface area contributed by atoms with Gasteiger partial charge in [0.2, 0.25) is 0 Å². The fraction of sp³-hybridized carbons (Fsp3) is 0.409. The SMILES string of the molecule is c1cc(Nc2ccc(-c3ccc(N4CCOCC4)nc3)s2)nc(CN2CCOCC2)n1. The highest BCUT2D eigenvalue weighted by molar-refractivity contribution is 7.19. The van der Waals surface area contributed by atoms with Crippen molar-refractivity contribution in [1.82, 2.24) is 19.9 Å². The molecule has 0 unspecified atom stereocenters. The summed E-state index contributed by atoms with van der Waals surface area (Å²) >= 11 is 1.69. The van der Waals surface area contributed by atoms with E-state index in [1.165, 1.54) is 4.88 Å². The molecule has 2 aliphatic heterocycles. The van der Waals surface area contributed by atoms with Crippen LogP contribution < -0.4 is 10.2 Å². The van der Waals surface area contributed by atoms with Crippen molar-refractivity contribution in [2.45, 2.75) is 6.54 Å². The van der Waals surface area contributed by atoms with E-state index < -0.39 is 0 Å². The van der Waals surface area contributed by atoms with E-state index in [0.717, 1.165) is 87.2 Å². The van der Waals surface area contributed by atoms with Crippen LogP contribution in [0.2, 0.25) is 0 Å². The average Bonchev–Trinajstić information content (AvgIpc) is 3.29. The second kappa shape index (κ2) is 9.69. The molecule has 0 aliphatic carbocycles. The van der Waals surface area contributed by atoms with E-state index in [2.05, 4.69) is 54.3 Å². The van der Waals surface area contributed by atoms with Crippen LogP contribution in [0.5, 0.6) is 0 Å². The van der Waals surface area contributed by atoms with Crippen LogP contribution in [-0.4, -0.2) is 72.5 Å². The Balaban J connectivity index is 1.23. The van der Waals surface area contributed by atoms with Gasteiger partial charge in [-0.25, -0.2) is 15.0 Å². The van der Waals surface area contributed by atoms with E-state index in [1.807, 2.05) is 18.5 Å². The zero-order valence-corrected chi connectivity index (χ0v) is 18.2. The van der Waals surface area contributed by atoms with Gasteiger partial charge < -0.3 is 19.7 Å². The molecule has 0 bridgehead atoms. The first-order valence-corrected chi connectivity index (χ1v) is 11.4. The van der Waals surface area contributed by atoms with Gasteiger partial charge >= 0.3 is 0 Å². The Morgan fingerprint density at radius 2 is 1.71 bits per heavy atom. The first kappa shape index (κ1) is 20.3. The zero-order chi connectivity index (χ0) is 20.9. The highest BCUT2D eigenvalue weighted by atomic mass is 32.1. The number of hydrogen-bond donors (Lipinski definition) is 1. The van der Waals surface area contributed by atoms with Gasteiger partial charge in [-0.3, -0.25) is 4.90 Å². The third-order valence-corrected chi connectivity index (χ3v) is 6.45. The lowest BCUT2D eigenvalue weighted by molar-refractivity contribution is 0.0331. The number of anilines is 3. The van der Waals surface area contributed by atoms with Gasteiger partial charge in [0.25, 0.3) is 0 Å². The molecule has 31 heavy (non-hydrogen) atoms. The van der Waals surface area contributed by atoms with E-state index in [1.54, 1.807) is 11.3 Å². The van der Waals surface area contributed by atoms with Crippen molar-refractivity contribution in [2.24, 2.45) is 0 Å². The molecule has 0 amide bonds. The highest BCUT2D eigenvalue weighted by Crippen LogP contribution is 2.33. The van der Waals surface area contributed by atoms with Crippen LogP contribution in [0.3, 0.4) is 0 Å². The molecule has 1 N–H and O–H groups in total. The van der Waals surface area contributed by atoms with E-state index >= 15 is 0 Å². The molecule has 2 saturated heterocycles. The van der Waals surface area contributed by atoms with Crippen molar-refractivity contribution in [2.75, 3.05) is 62.8 Å². The van der Waals surface area contributed by atoms with Crippen LogP contribution in [0.25, 0.3) is 10.4 Å². The van der Waals surface area contributed by atoms with E-state index in [-0.39, 0.29) is 0 Å². The summed E-state index contributed by atoms with van der Waals surface area (Å²) < 4.78 is 10.8. The second-order valence-corrected chi connectivity index (χ2v) is 8.62. The van der Waals surface area contributed by atoms with Gasteiger partial charge in [0.1, 0.15) is 17.5 Å². The maximum absolute atomic E-state index is 5.42. The predicted molar refractivity (Wildman–Crippen MR) is 122 cm³/mol. The Kier molecular flexibility index (Phi) is 6.35. The molecular weight excluding hydrogens is 412 g/mol. The zero-order valence-electron chi connectivity index (χ0n) is 17.4. The summed E-state index contributed by atoms with van der Waals surface area (Å²) in [6, 6.07) is 10.3. The number of nitrogens with zero attached hydrogens (tertiary/aromatic N) is 5. The summed E-state index contributed by atoms with van der Waals surface area (Å²) in [7, 11) is 0. The molecule has 0 atom stereocenters. The second-order valence-electron chi connectivity index (χ2n) is 7.54. The molecule has 2 fully saturated rings. The Bertz CT molecular complexity index is 984. The van der Waals surface area contributed by atoms with Crippen molar-refractivity contribution in [3.63, 3.8) is 0 Å². The smallest absolute Gasteiger partial charge is 0.144 e. The van der Waals surface area contributed by atoms with Crippen molar-refractivity contribution < 1.29 is 9.47 Å². The van der Waals surface area contributed by atoms with Gasteiger partial charge in [0.15, 0.2) is 0 Å². The van der Waals surface area contributed by atoms with E-state index in [4.69, 9.17) is 9.47 Å². The molecule has 0 saturated carbocycles. The topological polar surface area (TPSA) is 75.6 Å². The van der Waals surface area contributed by atoms with Crippen molar-refractivity contribution in [1.29, 1.82) is 0 Å². The maximum Gasteiger partial charge on any atom is 0.144 e. The molecule has 162 valence electrons. The van der Waals surface area contributed by atoms with Gasteiger partial charge in [0, 0.05) is 49.0 Å². The number of hydrogen-bond acceptors (Lipinski definition) is 9. The molecule has 0 aromatic carbocycles. The quantitative estimate of drug-likeness (QED) is 0.630. The van der Waals surface area contributed by atoms with Crippen molar-refractivity contribution >= 4 is 28.0 Å². The maximum atomic E-state index is 5.42. The van der Waals surface area contributed by atoms with Gasteiger partial charge in [0.05, 0.1) is 38.0 Å². The predicted octanol–water partition coefficient (Wildman–Crippen LogP) is 3.01. The van der Waals surface area contributed by atoms with Crippen LogP contribution in [0, 0.1) is 0 Å². The minimum absolute atomic E-state index is 0.746. The lowest BCUT2D eigenvalue weighted by Crippen LogP contribution is -2.36. The van der Waals surface area contributed by atoms with Crippen LogP contribution in [0.1, 0.15) is 5.82 Å². The standard InChI is InChI=1S/C22H26N6O2S/c1-3-21(28-9-13-30-14-10-28)24-15-17(1)18-2-4-22(31-18)26-19-5-6-23-20(25-19)16-27-7-11-29-12-8-27/h1-6,15H,7-14,16H2,(H,23,25,26). The minimum Gasteiger partial charge on any atom is -0.379 e. The number of ether oxygens (including phenoxy) is 2. The summed E-state index contributed by atoms with van der Waals surface area (Å²) in [5, 5.41) is 4.46. The van der Waals surface area contributed by atoms with Crippen LogP contribution in [0.4, 0.5) is 16.6 Å². The number of rotatable bonds is 6. The minimum atomic E-state index is 0.746. The first-order chi connectivity index (χ1) is 15.3. The number of aromatic nitrogens is 3. The first-order valence-electron chi connectivity index (χ1n) is 10.6. The summed E-state index contributed by atoms with van der Waals surface area (Å²) in [5.41, 5.74) is 1.12. The van der Waals surface area contributed by atoms with Crippen LogP contribution in [0.15, 0.2) is 42.7 Å². The molecular formula is C22H26N6O2S. The fourth-order valence-electron chi connectivity index (χ4n) is 3.70. The van der Waals surface area contributed by atoms with E-state index in [9.17, 15) is 0 Å². The van der Waals surface area contributed by atoms with Crippen LogP contribution >= 0.6 is 11.3 Å². The molecule has 2 aliphatic rings. The number of thiophene rings is 1.